The van der Waals surface area contributed by atoms with Crippen LogP contribution >= 0.6 is 0 Å². The second-order valence-corrected chi connectivity index (χ2v) is 5.88. The van der Waals surface area contributed by atoms with E-state index >= 15 is 0 Å². The minimum Gasteiger partial charge on any atom is -0.495 e. The van der Waals surface area contributed by atoms with Crippen LogP contribution in [0, 0.1) is 13.8 Å². The van der Waals surface area contributed by atoms with Gasteiger partial charge in [0.2, 0.25) is 5.95 Å². The molecule has 0 aliphatic rings. The van der Waals surface area contributed by atoms with Crippen LogP contribution in [-0.2, 0) is 6.54 Å². The van der Waals surface area contributed by atoms with E-state index in [0.717, 1.165) is 22.9 Å². The van der Waals surface area contributed by atoms with Crippen LogP contribution in [-0.4, -0.2) is 17.1 Å². The zero-order valence-corrected chi connectivity index (χ0v) is 14.7. The summed E-state index contributed by atoms with van der Waals surface area (Å²) in [6.07, 6.45) is 0. The highest BCUT2D eigenvalue weighted by Gasteiger charge is 2.06. The molecule has 0 aliphatic heterocycles. The van der Waals surface area contributed by atoms with Gasteiger partial charge in [0.05, 0.1) is 12.8 Å². The Morgan fingerprint density at radius 2 is 1.72 bits per heavy atom. The lowest BCUT2D eigenvalue weighted by Crippen LogP contribution is -2.06. The number of para-hydroxylation sites is 2. The van der Waals surface area contributed by atoms with Gasteiger partial charge >= 0.3 is 0 Å². The molecule has 0 saturated carbocycles. The maximum atomic E-state index is 5.37. The highest BCUT2D eigenvalue weighted by atomic mass is 16.5. The van der Waals surface area contributed by atoms with Gasteiger partial charge in [-0.3, -0.25) is 0 Å². The fourth-order valence-corrected chi connectivity index (χ4v) is 2.48. The molecule has 128 valence electrons. The maximum absolute atomic E-state index is 5.37. The first-order valence-corrected chi connectivity index (χ1v) is 8.19. The molecule has 0 aliphatic carbocycles. The molecule has 2 N–H and O–H groups in total. The van der Waals surface area contributed by atoms with E-state index in [9.17, 15) is 0 Å². The highest BCUT2D eigenvalue weighted by Crippen LogP contribution is 2.26. The average Bonchev–Trinajstić information content (AvgIpc) is 2.61. The maximum Gasteiger partial charge on any atom is 0.225 e. The molecule has 0 radical (unpaired) electrons. The summed E-state index contributed by atoms with van der Waals surface area (Å²) in [4.78, 5) is 9.01. The topological polar surface area (TPSA) is 59.1 Å². The number of aryl methyl sites for hydroxylation is 2. The molecule has 3 aromatic rings. The van der Waals surface area contributed by atoms with Crippen molar-refractivity contribution in [3.8, 4) is 5.75 Å². The van der Waals surface area contributed by atoms with Crippen molar-refractivity contribution in [2.45, 2.75) is 20.4 Å². The Labute approximate surface area is 148 Å². The summed E-state index contributed by atoms with van der Waals surface area (Å²) < 4.78 is 5.37. The molecule has 1 aromatic heterocycles. The largest absolute Gasteiger partial charge is 0.495 e. The van der Waals surface area contributed by atoms with E-state index in [-0.39, 0.29) is 0 Å². The first-order chi connectivity index (χ1) is 12.1. The van der Waals surface area contributed by atoms with Gasteiger partial charge in [0, 0.05) is 18.3 Å². The van der Waals surface area contributed by atoms with E-state index in [1.54, 1.807) is 7.11 Å². The molecule has 1 heterocycles. The summed E-state index contributed by atoms with van der Waals surface area (Å²) in [6.45, 7) is 4.71. The molecular formula is C20H22N4O. The van der Waals surface area contributed by atoms with Crippen molar-refractivity contribution < 1.29 is 4.74 Å². The molecule has 2 aromatic carbocycles. The summed E-state index contributed by atoms with van der Waals surface area (Å²) >= 11 is 0. The van der Waals surface area contributed by atoms with Crippen molar-refractivity contribution in [2.75, 3.05) is 17.7 Å². The van der Waals surface area contributed by atoms with Crippen molar-refractivity contribution in [2.24, 2.45) is 0 Å². The van der Waals surface area contributed by atoms with Crippen LogP contribution in [0.1, 0.15) is 16.8 Å². The summed E-state index contributed by atoms with van der Waals surface area (Å²) in [7, 11) is 1.65. The molecule has 0 amide bonds. The Balaban J connectivity index is 1.75. The number of ether oxygens (including phenoxy) is 1. The summed E-state index contributed by atoms with van der Waals surface area (Å²) in [6, 6.07) is 18.1. The van der Waals surface area contributed by atoms with Gasteiger partial charge < -0.3 is 15.4 Å². The normalized spacial score (nSPS) is 10.4. The molecular weight excluding hydrogens is 312 g/mol. The number of nitrogens with one attached hydrogen (secondary N) is 2. The number of hydrogen-bond donors (Lipinski definition) is 2. The predicted octanol–water partition coefficient (Wildman–Crippen LogP) is 4.46. The Morgan fingerprint density at radius 3 is 2.48 bits per heavy atom. The number of rotatable bonds is 6. The second kappa shape index (κ2) is 7.66. The molecule has 0 atom stereocenters. The third kappa shape index (κ3) is 4.47. The lowest BCUT2D eigenvalue weighted by atomic mass is 10.1. The van der Waals surface area contributed by atoms with E-state index in [1.165, 1.54) is 11.1 Å². The minimum absolute atomic E-state index is 0.595. The van der Waals surface area contributed by atoms with Gasteiger partial charge in [0.15, 0.2) is 0 Å². The van der Waals surface area contributed by atoms with Gasteiger partial charge in [-0.05, 0) is 31.5 Å². The van der Waals surface area contributed by atoms with Gasteiger partial charge in [0.25, 0.3) is 0 Å². The first-order valence-electron chi connectivity index (χ1n) is 8.19. The van der Waals surface area contributed by atoms with Crippen LogP contribution in [0.2, 0.25) is 0 Å². The lowest BCUT2D eigenvalue weighted by Gasteiger charge is -2.12. The molecule has 0 spiro atoms. The number of methoxy groups -OCH3 is 1. The van der Waals surface area contributed by atoms with E-state index in [4.69, 9.17) is 4.74 Å². The smallest absolute Gasteiger partial charge is 0.225 e. The van der Waals surface area contributed by atoms with Crippen LogP contribution in [0.25, 0.3) is 0 Å². The summed E-state index contributed by atoms with van der Waals surface area (Å²) in [5, 5.41) is 6.58. The van der Waals surface area contributed by atoms with Crippen molar-refractivity contribution in [1.29, 1.82) is 0 Å². The molecule has 25 heavy (non-hydrogen) atoms. The van der Waals surface area contributed by atoms with Gasteiger partial charge in [-0.1, -0.05) is 42.0 Å². The summed E-state index contributed by atoms with van der Waals surface area (Å²) in [5.41, 5.74) is 4.19. The van der Waals surface area contributed by atoms with Crippen LogP contribution < -0.4 is 15.4 Å². The number of hydrogen-bond acceptors (Lipinski definition) is 5. The van der Waals surface area contributed by atoms with Gasteiger partial charge in [-0.15, -0.1) is 0 Å². The number of nitrogens with zero attached hydrogens (tertiary/aromatic N) is 2. The zero-order chi connectivity index (χ0) is 17.6. The third-order valence-corrected chi connectivity index (χ3v) is 3.80. The first kappa shape index (κ1) is 16.8. The standard InChI is InChI=1S/C20H22N4O/c1-14-8-10-16(11-9-14)13-21-20-22-15(2)12-19(24-20)23-17-6-4-5-7-18(17)25-3/h4-12H,13H2,1-3H3,(H2,21,22,23,24). The van der Waals surface area contributed by atoms with Crippen molar-refractivity contribution in [3.05, 3.63) is 71.4 Å². The monoisotopic (exact) mass is 334 g/mol. The molecule has 5 nitrogen and oxygen atoms in total. The fraction of sp³-hybridized carbons (Fsp3) is 0.200. The Hall–Kier alpha value is -3.08. The third-order valence-electron chi connectivity index (χ3n) is 3.80. The molecule has 0 bridgehead atoms. The molecule has 0 unspecified atom stereocenters. The van der Waals surface area contributed by atoms with Crippen LogP contribution in [0.4, 0.5) is 17.5 Å². The summed E-state index contributed by atoms with van der Waals surface area (Å²) in [5.74, 6) is 2.09. The van der Waals surface area contributed by atoms with Crippen LogP contribution in [0.5, 0.6) is 5.75 Å². The van der Waals surface area contributed by atoms with E-state index in [2.05, 4.69) is 51.8 Å². The van der Waals surface area contributed by atoms with Crippen molar-refractivity contribution in [1.82, 2.24) is 9.97 Å². The van der Waals surface area contributed by atoms with Crippen LogP contribution in [0.3, 0.4) is 0 Å². The fourth-order valence-electron chi connectivity index (χ4n) is 2.48. The molecule has 0 saturated heterocycles. The van der Waals surface area contributed by atoms with Crippen molar-refractivity contribution >= 4 is 17.5 Å². The van der Waals surface area contributed by atoms with Gasteiger partial charge in [-0.2, -0.15) is 4.98 Å². The SMILES string of the molecule is COc1ccccc1Nc1cc(C)nc(NCc2ccc(C)cc2)n1. The average molecular weight is 334 g/mol. The Kier molecular flexibility index (Phi) is 5.14. The Bertz CT molecular complexity index is 847. The predicted molar refractivity (Wildman–Crippen MR) is 102 cm³/mol. The molecule has 0 fully saturated rings. The number of aromatic nitrogens is 2. The number of benzene rings is 2. The zero-order valence-electron chi connectivity index (χ0n) is 14.7. The molecule has 3 rings (SSSR count). The number of anilines is 3. The van der Waals surface area contributed by atoms with E-state index in [0.29, 0.717) is 12.5 Å². The quantitative estimate of drug-likeness (QED) is 0.697. The van der Waals surface area contributed by atoms with E-state index < -0.39 is 0 Å². The second-order valence-electron chi connectivity index (χ2n) is 5.88. The van der Waals surface area contributed by atoms with Gasteiger partial charge in [-0.25, -0.2) is 4.98 Å². The van der Waals surface area contributed by atoms with E-state index in [1.807, 2.05) is 37.3 Å². The Morgan fingerprint density at radius 1 is 0.960 bits per heavy atom. The van der Waals surface area contributed by atoms with Crippen molar-refractivity contribution in [3.63, 3.8) is 0 Å². The highest BCUT2D eigenvalue weighted by molar-refractivity contribution is 5.64. The van der Waals surface area contributed by atoms with Gasteiger partial charge in [0.1, 0.15) is 11.6 Å². The molecule has 5 heteroatoms. The van der Waals surface area contributed by atoms with Crippen LogP contribution in [0.15, 0.2) is 54.6 Å². The minimum atomic E-state index is 0.595. The lowest BCUT2D eigenvalue weighted by molar-refractivity contribution is 0.417.